The minimum atomic E-state index is -3.61. The molecule has 1 aromatic carbocycles. The Morgan fingerprint density at radius 2 is 2.17 bits per heavy atom. The number of hydrogen-bond donors (Lipinski definition) is 1. The fraction of sp³-hybridized carbons (Fsp3) is 0.500. The maximum absolute atomic E-state index is 13.3. The lowest BCUT2D eigenvalue weighted by Gasteiger charge is -2.12. The van der Waals surface area contributed by atoms with Crippen LogP contribution in [0.15, 0.2) is 27.6 Å². The van der Waals surface area contributed by atoms with Crippen molar-refractivity contribution < 1.29 is 12.8 Å². The number of sulfonamides is 1. The summed E-state index contributed by atoms with van der Waals surface area (Å²) in [6.07, 6.45) is 2.35. The molecule has 1 atom stereocenters. The van der Waals surface area contributed by atoms with Gasteiger partial charge in [0.15, 0.2) is 0 Å². The van der Waals surface area contributed by atoms with Crippen molar-refractivity contribution in [3.63, 3.8) is 0 Å². The second-order valence-electron chi connectivity index (χ2n) is 4.74. The van der Waals surface area contributed by atoms with Crippen LogP contribution in [0.5, 0.6) is 0 Å². The summed E-state index contributed by atoms with van der Waals surface area (Å²) in [5, 5.41) is 0. The number of nitrogens with one attached hydrogen (secondary N) is 1. The highest BCUT2D eigenvalue weighted by Crippen LogP contribution is 2.36. The van der Waals surface area contributed by atoms with Crippen molar-refractivity contribution in [1.82, 2.24) is 4.72 Å². The summed E-state index contributed by atoms with van der Waals surface area (Å²) < 4.78 is 40.0. The Bertz CT molecular complexity index is 543. The predicted octanol–water partition coefficient (Wildman–Crippen LogP) is 2.91. The van der Waals surface area contributed by atoms with Crippen molar-refractivity contribution in [3.8, 4) is 0 Å². The van der Waals surface area contributed by atoms with Gasteiger partial charge >= 0.3 is 0 Å². The first-order valence-corrected chi connectivity index (χ1v) is 8.12. The Morgan fingerprint density at radius 3 is 2.72 bits per heavy atom. The summed E-state index contributed by atoms with van der Waals surface area (Å²) in [6, 6.07) is 3.81. The van der Waals surface area contributed by atoms with E-state index in [0.29, 0.717) is 18.4 Å². The molecule has 6 heteroatoms. The molecule has 3 nitrogen and oxygen atoms in total. The average molecular weight is 336 g/mol. The van der Waals surface area contributed by atoms with Crippen LogP contribution in [0.3, 0.4) is 0 Å². The molecule has 18 heavy (non-hydrogen) atoms. The summed E-state index contributed by atoms with van der Waals surface area (Å²) in [5.74, 6) is 0.391. The molecule has 0 bridgehead atoms. The van der Waals surface area contributed by atoms with Gasteiger partial charge in [-0.1, -0.05) is 6.92 Å². The van der Waals surface area contributed by atoms with Crippen molar-refractivity contribution in [3.05, 3.63) is 28.5 Å². The van der Waals surface area contributed by atoms with E-state index in [0.717, 1.165) is 6.07 Å². The SMILES string of the molecule is CC(CNS(=O)(=O)c1ccc(Br)c(F)c1)C1CC1. The van der Waals surface area contributed by atoms with Crippen LogP contribution >= 0.6 is 15.9 Å². The molecule has 1 saturated carbocycles. The van der Waals surface area contributed by atoms with Gasteiger partial charge in [0.05, 0.1) is 9.37 Å². The van der Waals surface area contributed by atoms with Crippen LogP contribution < -0.4 is 4.72 Å². The molecule has 100 valence electrons. The normalized spacial score (nSPS) is 17.7. The van der Waals surface area contributed by atoms with Crippen LogP contribution in [-0.4, -0.2) is 15.0 Å². The largest absolute Gasteiger partial charge is 0.240 e. The van der Waals surface area contributed by atoms with Crippen molar-refractivity contribution in [1.29, 1.82) is 0 Å². The predicted molar refractivity (Wildman–Crippen MR) is 71.2 cm³/mol. The van der Waals surface area contributed by atoms with E-state index in [1.54, 1.807) is 0 Å². The van der Waals surface area contributed by atoms with Gasteiger partial charge in [-0.25, -0.2) is 17.5 Å². The molecule has 0 aromatic heterocycles. The summed E-state index contributed by atoms with van der Waals surface area (Å²) in [5.41, 5.74) is 0. The fourth-order valence-electron chi connectivity index (χ4n) is 1.80. The number of halogens is 2. The minimum Gasteiger partial charge on any atom is -0.211 e. The van der Waals surface area contributed by atoms with E-state index >= 15 is 0 Å². The highest BCUT2D eigenvalue weighted by Gasteiger charge is 2.28. The monoisotopic (exact) mass is 335 g/mol. The van der Waals surface area contributed by atoms with Crippen LogP contribution in [0.1, 0.15) is 19.8 Å². The van der Waals surface area contributed by atoms with Crippen molar-refractivity contribution in [2.75, 3.05) is 6.54 Å². The van der Waals surface area contributed by atoms with Gasteiger partial charge in [0.2, 0.25) is 10.0 Å². The Kier molecular flexibility index (Phi) is 4.08. The molecule has 0 amide bonds. The summed E-state index contributed by atoms with van der Waals surface area (Å²) in [4.78, 5) is -0.0359. The third kappa shape index (κ3) is 3.30. The van der Waals surface area contributed by atoms with E-state index in [9.17, 15) is 12.8 Å². The van der Waals surface area contributed by atoms with Crippen molar-refractivity contribution in [2.24, 2.45) is 11.8 Å². The number of rotatable bonds is 5. The molecule has 0 radical (unpaired) electrons. The lowest BCUT2D eigenvalue weighted by Crippen LogP contribution is -2.29. The first kappa shape index (κ1) is 14.0. The Morgan fingerprint density at radius 1 is 1.50 bits per heavy atom. The summed E-state index contributed by atoms with van der Waals surface area (Å²) in [6.45, 7) is 2.44. The summed E-state index contributed by atoms with van der Waals surface area (Å²) >= 11 is 3.00. The van der Waals surface area contributed by atoms with Gasteiger partial charge in [0.25, 0.3) is 0 Å². The van der Waals surface area contributed by atoms with Gasteiger partial charge in [-0.05, 0) is 58.8 Å². The smallest absolute Gasteiger partial charge is 0.211 e. The van der Waals surface area contributed by atoms with Gasteiger partial charge in [0.1, 0.15) is 5.82 Å². The Labute approximate surface area is 115 Å². The van der Waals surface area contributed by atoms with Crippen LogP contribution in [0, 0.1) is 17.7 Å². The molecule has 0 aliphatic heterocycles. The number of benzene rings is 1. The van der Waals surface area contributed by atoms with Crippen LogP contribution in [0.4, 0.5) is 4.39 Å². The van der Waals surface area contributed by atoms with Crippen molar-refractivity contribution >= 4 is 26.0 Å². The van der Waals surface area contributed by atoms with Gasteiger partial charge < -0.3 is 0 Å². The zero-order valence-electron chi connectivity index (χ0n) is 9.99. The summed E-state index contributed by atoms with van der Waals surface area (Å²) in [7, 11) is -3.61. The Hall–Kier alpha value is -0.460. The molecule has 1 aliphatic carbocycles. The molecule has 0 saturated heterocycles. The molecular weight excluding hydrogens is 321 g/mol. The van der Waals surface area contributed by atoms with Crippen molar-refractivity contribution in [2.45, 2.75) is 24.7 Å². The maximum atomic E-state index is 13.3. The zero-order chi connectivity index (χ0) is 13.3. The van der Waals surface area contributed by atoms with E-state index in [2.05, 4.69) is 20.7 Å². The fourth-order valence-corrected chi connectivity index (χ4v) is 3.20. The topological polar surface area (TPSA) is 46.2 Å². The molecule has 1 N–H and O–H groups in total. The zero-order valence-corrected chi connectivity index (χ0v) is 12.4. The second-order valence-corrected chi connectivity index (χ2v) is 7.36. The molecule has 0 heterocycles. The van der Waals surface area contributed by atoms with Gasteiger partial charge in [-0.15, -0.1) is 0 Å². The minimum absolute atomic E-state index is 0.0359. The van der Waals surface area contributed by atoms with Crippen LogP contribution in [-0.2, 0) is 10.0 Å². The molecular formula is C12H15BrFNO2S. The quantitative estimate of drug-likeness (QED) is 0.899. The van der Waals surface area contributed by atoms with Crippen LogP contribution in [0.25, 0.3) is 0 Å². The third-order valence-electron chi connectivity index (χ3n) is 3.22. The molecule has 1 aliphatic rings. The Balaban J connectivity index is 2.07. The maximum Gasteiger partial charge on any atom is 0.240 e. The van der Waals surface area contributed by atoms with Crippen LogP contribution in [0.2, 0.25) is 0 Å². The van der Waals surface area contributed by atoms with E-state index in [1.807, 2.05) is 6.92 Å². The number of hydrogen-bond acceptors (Lipinski definition) is 2. The van der Waals surface area contributed by atoms with Gasteiger partial charge in [0, 0.05) is 6.54 Å². The molecule has 2 rings (SSSR count). The second kappa shape index (κ2) is 5.27. The lowest BCUT2D eigenvalue weighted by atomic mass is 10.1. The third-order valence-corrected chi connectivity index (χ3v) is 5.29. The first-order valence-electron chi connectivity index (χ1n) is 5.85. The van der Waals surface area contributed by atoms with Gasteiger partial charge in [-0.3, -0.25) is 0 Å². The molecule has 1 aromatic rings. The van der Waals surface area contributed by atoms with E-state index in [4.69, 9.17) is 0 Å². The lowest BCUT2D eigenvalue weighted by molar-refractivity contribution is 0.491. The highest BCUT2D eigenvalue weighted by molar-refractivity contribution is 9.10. The van der Waals surface area contributed by atoms with E-state index in [-0.39, 0.29) is 9.37 Å². The average Bonchev–Trinajstić information content (AvgIpc) is 3.13. The first-order chi connectivity index (χ1) is 8.40. The molecule has 1 unspecified atom stereocenters. The van der Waals surface area contributed by atoms with E-state index in [1.165, 1.54) is 25.0 Å². The van der Waals surface area contributed by atoms with E-state index < -0.39 is 15.8 Å². The van der Waals surface area contributed by atoms with Gasteiger partial charge in [-0.2, -0.15) is 0 Å². The highest BCUT2D eigenvalue weighted by atomic mass is 79.9. The molecule has 1 fully saturated rings. The standard InChI is InChI=1S/C12H15BrFNO2S/c1-8(9-2-3-9)7-15-18(16,17)10-4-5-11(13)12(14)6-10/h4-6,8-9,15H,2-3,7H2,1H3. The molecule has 0 spiro atoms.